The maximum Gasteiger partial charge on any atom is 0.266 e. The molecule has 2 atom stereocenters. The number of aromatic nitrogens is 4. The third-order valence-electron chi connectivity index (χ3n) is 5.09. The van der Waals surface area contributed by atoms with Crippen LogP contribution in [0.25, 0.3) is 0 Å². The van der Waals surface area contributed by atoms with Gasteiger partial charge in [0.25, 0.3) is 10.0 Å². The van der Waals surface area contributed by atoms with Crippen molar-refractivity contribution < 1.29 is 17.5 Å². The van der Waals surface area contributed by atoms with E-state index in [9.17, 15) is 12.8 Å². The summed E-state index contributed by atoms with van der Waals surface area (Å²) in [4.78, 5) is 6.90. The van der Waals surface area contributed by atoms with E-state index in [0.717, 1.165) is 31.0 Å². The predicted molar refractivity (Wildman–Crippen MR) is 108 cm³/mol. The molecule has 2 aromatic heterocycles. The lowest BCUT2D eigenvalue weighted by molar-refractivity contribution is 0.186. The molecule has 1 aromatic carbocycles. The summed E-state index contributed by atoms with van der Waals surface area (Å²) in [5.41, 5.74) is 1.03. The highest BCUT2D eigenvalue weighted by molar-refractivity contribution is 7.92. The van der Waals surface area contributed by atoms with Crippen LogP contribution in [0.2, 0.25) is 5.02 Å². The summed E-state index contributed by atoms with van der Waals surface area (Å²) in [5.74, 6) is -0.856. The zero-order valence-electron chi connectivity index (χ0n) is 16.0. The summed E-state index contributed by atoms with van der Waals surface area (Å²) in [5, 5.41) is 3.82. The van der Waals surface area contributed by atoms with Crippen molar-refractivity contribution in [1.82, 2.24) is 19.7 Å². The van der Waals surface area contributed by atoms with Gasteiger partial charge < -0.3 is 4.74 Å². The second-order valence-electron chi connectivity index (χ2n) is 6.96. The first-order chi connectivity index (χ1) is 14.4. The first kappa shape index (κ1) is 20.5. The van der Waals surface area contributed by atoms with Crippen molar-refractivity contribution in [3.8, 4) is 5.75 Å². The van der Waals surface area contributed by atoms with E-state index in [0.29, 0.717) is 0 Å². The molecule has 3 aromatic rings. The molecule has 8 nitrogen and oxygen atoms in total. The summed E-state index contributed by atoms with van der Waals surface area (Å²) in [6.45, 7) is 0. The number of hydrogen-bond donors (Lipinski definition) is 1. The van der Waals surface area contributed by atoms with Crippen LogP contribution in [0.4, 0.5) is 10.2 Å². The van der Waals surface area contributed by atoms with E-state index in [1.807, 2.05) is 13.1 Å². The third-order valence-corrected chi connectivity index (χ3v) is 6.82. The molecule has 0 radical (unpaired) electrons. The fourth-order valence-electron chi connectivity index (χ4n) is 3.67. The molecule has 0 saturated heterocycles. The Morgan fingerprint density at radius 2 is 2.07 bits per heavy atom. The van der Waals surface area contributed by atoms with Crippen LogP contribution in [0.5, 0.6) is 5.75 Å². The van der Waals surface area contributed by atoms with Crippen molar-refractivity contribution in [2.45, 2.75) is 36.2 Å². The van der Waals surface area contributed by atoms with Crippen LogP contribution in [0.1, 0.15) is 30.9 Å². The van der Waals surface area contributed by atoms with E-state index < -0.39 is 20.7 Å². The van der Waals surface area contributed by atoms with Gasteiger partial charge in [-0.2, -0.15) is 5.10 Å². The molecule has 1 fully saturated rings. The van der Waals surface area contributed by atoms with Crippen molar-refractivity contribution in [3.05, 3.63) is 59.5 Å². The number of rotatable bonds is 6. The molecule has 4 rings (SSSR count). The number of benzene rings is 1. The minimum Gasteiger partial charge on any atom is -0.488 e. The van der Waals surface area contributed by atoms with Gasteiger partial charge in [-0.05, 0) is 43.5 Å². The first-order valence-electron chi connectivity index (χ1n) is 9.28. The average Bonchev–Trinajstić information content (AvgIpc) is 3.34. The van der Waals surface area contributed by atoms with Crippen LogP contribution in [0.3, 0.4) is 0 Å². The minimum absolute atomic E-state index is 0.0193. The molecule has 30 heavy (non-hydrogen) atoms. The molecule has 0 aliphatic heterocycles. The summed E-state index contributed by atoms with van der Waals surface area (Å²) in [6.07, 6.45) is 6.71. The largest absolute Gasteiger partial charge is 0.488 e. The van der Waals surface area contributed by atoms with Crippen LogP contribution in [-0.2, 0) is 17.1 Å². The maximum atomic E-state index is 14.9. The van der Waals surface area contributed by atoms with E-state index in [4.69, 9.17) is 16.3 Å². The standard InChI is InChI=1S/C19H19ClFN5O3S/c1-26-13(7-10-24-26)12-3-2-4-14(12)29-15-5-6-16(19(21)18(15)20)30(27,28)25-17-8-9-22-11-23-17/h5-12,14H,2-4H2,1H3,(H,22,23,25). The fourth-order valence-corrected chi connectivity index (χ4v) is 5.03. The fraction of sp³-hybridized carbons (Fsp3) is 0.316. The number of aryl methyl sites for hydroxylation is 1. The topological polar surface area (TPSA) is 99.0 Å². The molecule has 158 valence electrons. The van der Waals surface area contributed by atoms with Crippen LogP contribution in [-0.4, -0.2) is 34.3 Å². The smallest absolute Gasteiger partial charge is 0.266 e. The molecular weight excluding hydrogens is 433 g/mol. The normalized spacial score (nSPS) is 19.0. The number of halogens is 2. The van der Waals surface area contributed by atoms with Gasteiger partial charge in [-0.25, -0.2) is 22.8 Å². The lowest BCUT2D eigenvalue weighted by Gasteiger charge is -2.22. The van der Waals surface area contributed by atoms with Crippen molar-refractivity contribution >= 4 is 27.4 Å². The molecule has 0 amide bonds. The van der Waals surface area contributed by atoms with E-state index in [1.54, 1.807) is 10.9 Å². The third kappa shape index (κ3) is 3.97. The van der Waals surface area contributed by atoms with Gasteiger partial charge in [-0.15, -0.1) is 0 Å². The summed E-state index contributed by atoms with van der Waals surface area (Å²) in [6, 6.07) is 5.79. The van der Waals surface area contributed by atoms with Crippen LogP contribution < -0.4 is 9.46 Å². The lowest BCUT2D eigenvalue weighted by Crippen LogP contribution is -2.22. The summed E-state index contributed by atoms with van der Waals surface area (Å²) < 4.78 is 50.0. The molecule has 0 spiro atoms. The number of nitrogens with one attached hydrogen (secondary N) is 1. The van der Waals surface area contributed by atoms with Gasteiger partial charge in [-0.1, -0.05) is 11.6 Å². The molecule has 1 N–H and O–H groups in total. The molecule has 11 heteroatoms. The van der Waals surface area contributed by atoms with Gasteiger partial charge in [0.05, 0.1) is 0 Å². The SMILES string of the molecule is Cn1nccc1C1CCCC1Oc1ccc(S(=O)(=O)Nc2ccncn2)c(F)c1Cl. The number of ether oxygens (including phenoxy) is 1. The summed E-state index contributed by atoms with van der Waals surface area (Å²) >= 11 is 6.15. The second kappa shape index (κ2) is 8.19. The average molecular weight is 452 g/mol. The van der Waals surface area contributed by atoms with Crippen molar-refractivity contribution in [2.24, 2.45) is 7.05 Å². The van der Waals surface area contributed by atoms with Crippen molar-refractivity contribution in [3.63, 3.8) is 0 Å². The molecule has 1 saturated carbocycles. The Kier molecular flexibility index (Phi) is 5.61. The van der Waals surface area contributed by atoms with E-state index in [2.05, 4.69) is 19.8 Å². The number of anilines is 1. The van der Waals surface area contributed by atoms with Crippen molar-refractivity contribution in [2.75, 3.05) is 4.72 Å². The number of sulfonamides is 1. The van der Waals surface area contributed by atoms with Gasteiger partial charge in [0.1, 0.15) is 33.9 Å². The van der Waals surface area contributed by atoms with Gasteiger partial charge >= 0.3 is 0 Å². The van der Waals surface area contributed by atoms with Gasteiger partial charge in [-0.3, -0.25) is 9.40 Å². The van der Waals surface area contributed by atoms with Crippen LogP contribution in [0.15, 0.2) is 47.9 Å². The Hall–Kier alpha value is -2.72. The molecule has 2 heterocycles. The zero-order chi connectivity index (χ0) is 21.3. The number of hydrogen-bond acceptors (Lipinski definition) is 6. The van der Waals surface area contributed by atoms with Crippen molar-refractivity contribution in [1.29, 1.82) is 0 Å². The molecule has 2 unspecified atom stereocenters. The molecule has 1 aliphatic carbocycles. The van der Waals surface area contributed by atoms with E-state index >= 15 is 0 Å². The monoisotopic (exact) mass is 451 g/mol. The highest BCUT2D eigenvalue weighted by Gasteiger charge is 2.33. The highest BCUT2D eigenvalue weighted by Crippen LogP contribution is 2.40. The Labute approximate surface area is 178 Å². The quantitative estimate of drug-likeness (QED) is 0.615. The lowest BCUT2D eigenvalue weighted by atomic mass is 10.0. The van der Waals surface area contributed by atoms with Gasteiger partial charge in [0.2, 0.25) is 0 Å². The first-order valence-corrected chi connectivity index (χ1v) is 11.1. The molecular formula is C19H19ClFN5O3S. The molecule has 1 aliphatic rings. The van der Waals surface area contributed by atoms with E-state index in [1.165, 1.54) is 24.7 Å². The minimum atomic E-state index is -4.23. The zero-order valence-corrected chi connectivity index (χ0v) is 17.6. The second-order valence-corrected chi connectivity index (χ2v) is 8.99. The van der Waals surface area contributed by atoms with Gasteiger partial charge in [0, 0.05) is 31.1 Å². The van der Waals surface area contributed by atoms with Gasteiger partial charge in [0.15, 0.2) is 5.82 Å². The van der Waals surface area contributed by atoms with Crippen LogP contribution in [0, 0.1) is 5.82 Å². The summed E-state index contributed by atoms with van der Waals surface area (Å²) in [7, 11) is -2.37. The number of nitrogens with zero attached hydrogens (tertiary/aromatic N) is 4. The highest BCUT2D eigenvalue weighted by atomic mass is 35.5. The van der Waals surface area contributed by atoms with E-state index in [-0.39, 0.29) is 28.6 Å². The van der Waals surface area contributed by atoms with Crippen LogP contribution >= 0.6 is 11.6 Å². The Balaban J connectivity index is 1.58. The Morgan fingerprint density at radius 1 is 1.23 bits per heavy atom. The molecule has 0 bridgehead atoms. The Bertz CT molecular complexity index is 1160. The predicted octanol–water partition coefficient (Wildman–Crippen LogP) is 3.52. The maximum absolute atomic E-state index is 14.9. The Morgan fingerprint density at radius 3 is 2.77 bits per heavy atom.